The smallest absolute Gasteiger partial charge is 0.249 e. The molecule has 1 saturated heterocycles. The second-order valence-corrected chi connectivity index (χ2v) is 5.81. The number of hydrogen-bond donors (Lipinski definition) is 1. The van der Waals surface area contributed by atoms with Gasteiger partial charge in [-0.25, -0.2) is 0 Å². The molecule has 1 atom stereocenters. The lowest BCUT2D eigenvalue weighted by molar-refractivity contribution is -0.125. The normalized spacial score (nSPS) is 19.8. The summed E-state index contributed by atoms with van der Waals surface area (Å²) in [6.45, 7) is 4.42. The number of rotatable bonds is 3. The van der Waals surface area contributed by atoms with Crippen molar-refractivity contribution in [3.05, 3.63) is 28.2 Å². The third kappa shape index (κ3) is 3.03. The minimum Gasteiger partial charge on any atom is -0.344 e. The van der Waals surface area contributed by atoms with Gasteiger partial charge in [0.2, 0.25) is 11.8 Å². The van der Waals surface area contributed by atoms with E-state index < -0.39 is 6.04 Å². The van der Waals surface area contributed by atoms with Crippen LogP contribution in [0, 0.1) is 0 Å². The first-order valence-corrected chi connectivity index (χ1v) is 7.75. The van der Waals surface area contributed by atoms with Crippen LogP contribution in [-0.2, 0) is 16.0 Å². The van der Waals surface area contributed by atoms with Crippen molar-refractivity contribution in [2.75, 3.05) is 11.4 Å². The van der Waals surface area contributed by atoms with Crippen molar-refractivity contribution in [3.63, 3.8) is 0 Å². The number of hydrogen-bond acceptors (Lipinski definition) is 2. The molecule has 20 heavy (non-hydrogen) atoms. The Kier molecular flexibility index (Phi) is 4.81. The van der Waals surface area contributed by atoms with E-state index in [1.54, 1.807) is 4.90 Å². The van der Waals surface area contributed by atoms with Crippen molar-refractivity contribution in [2.24, 2.45) is 0 Å². The Morgan fingerprint density at radius 1 is 1.35 bits per heavy atom. The van der Waals surface area contributed by atoms with Crippen LogP contribution < -0.4 is 10.2 Å². The standard InChI is InChI=1S/C15H19BrN2O2/c1-3-10-9-11(16)5-6-13(10)18-8-7-14(19)17-12(4-2)15(18)20/h5-6,9,12H,3-4,7-8H2,1-2H3,(H,17,19). The highest BCUT2D eigenvalue weighted by atomic mass is 79.9. The summed E-state index contributed by atoms with van der Waals surface area (Å²) >= 11 is 3.46. The fourth-order valence-corrected chi connectivity index (χ4v) is 2.86. The summed E-state index contributed by atoms with van der Waals surface area (Å²) in [5.41, 5.74) is 2.02. The van der Waals surface area contributed by atoms with Crippen LogP contribution >= 0.6 is 15.9 Å². The van der Waals surface area contributed by atoms with Crippen LogP contribution in [0.5, 0.6) is 0 Å². The van der Waals surface area contributed by atoms with E-state index in [9.17, 15) is 9.59 Å². The van der Waals surface area contributed by atoms with Gasteiger partial charge in [0.25, 0.3) is 0 Å². The summed E-state index contributed by atoms with van der Waals surface area (Å²) in [7, 11) is 0. The molecule has 1 heterocycles. The van der Waals surface area contributed by atoms with Crippen LogP contribution in [0.3, 0.4) is 0 Å². The van der Waals surface area contributed by atoms with Crippen LogP contribution in [-0.4, -0.2) is 24.4 Å². The van der Waals surface area contributed by atoms with Gasteiger partial charge in [0.1, 0.15) is 6.04 Å². The lowest BCUT2D eigenvalue weighted by Gasteiger charge is -2.25. The molecule has 0 spiro atoms. The van der Waals surface area contributed by atoms with Crippen LogP contribution in [0.4, 0.5) is 5.69 Å². The molecule has 0 saturated carbocycles. The lowest BCUT2D eigenvalue weighted by Crippen LogP contribution is -2.44. The molecule has 2 rings (SSSR count). The molecule has 2 amide bonds. The van der Waals surface area contributed by atoms with E-state index in [1.165, 1.54) is 0 Å². The first-order valence-electron chi connectivity index (χ1n) is 6.96. The predicted molar refractivity (Wildman–Crippen MR) is 82.7 cm³/mol. The SMILES string of the molecule is CCc1cc(Br)ccc1N1CCC(=O)NC(CC)C1=O. The molecule has 1 aliphatic rings. The first kappa shape index (κ1) is 15.0. The molecule has 1 aromatic rings. The van der Waals surface area contributed by atoms with Crippen LogP contribution in [0.25, 0.3) is 0 Å². The van der Waals surface area contributed by atoms with Crippen molar-refractivity contribution in [3.8, 4) is 0 Å². The van der Waals surface area contributed by atoms with Gasteiger partial charge in [0.15, 0.2) is 0 Å². The maximum atomic E-state index is 12.6. The second-order valence-electron chi connectivity index (χ2n) is 4.89. The van der Waals surface area contributed by atoms with Gasteiger partial charge in [0, 0.05) is 23.1 Å². The molecule has 1 aromatic carbocycles. The molecule has 0 bridgehead atoms. The molecular formula is C15H19BrN2O2. The number of nitrogens with one attached hydrogen (secondary N) is 1. The molecular weight excluding hydrogens is 320 g/mol. The molecule has 4 nitrogen and oxygen atoms in total. The summed E-state index contributed by atoms with van der Waals surface area (Å²) in [4.78, 5) is 26.0. The van der Waals surface area contributed by atoms with Gasteiger partial charge in [-0.05, 0) is 36.6 Å². The monoisotopic (exact) mass is 338 g/mol. The summed E-state index contributed by atoms with van der Waals surface area (Å²) in [5, 5.41) is 2.79. The predicted octanol–water partition coefficient (Wildman–Crippen LogP) is 2.64. The minimum absolute atomic E-state index is 0.0182. The lowest BCUT2D eigenvalue weighted by atomic mass is 10.1. The van der Waals surface area contributed by atoms with Crippen LogP contribution in [0.2, 0.25) is 0 Å². The summed E-state index contributed by atoms with van der Waals surface area (Å²) in [6, 6.07) is 5.49. The van der Waals surface area contributed by atoms with Gasteiger partial charge in [-0.15, -0.1) is 0 Å². The van der Waals surface area contributed by atoms with Crippen LogP contribution in [0.1, 0.15) is 32.3 Å². The van der Waals surface area contributed by atoms with Gasteiger partial charge < -0.3 is 10.2 Å². The average molecular weight is 339 g/mol. The highest BCUT2D eigenvalue weighted by Gasteiger charge is 2.30. The molecule has 1 unspecified atom stereocenters. The Labute approximate surface area is 127 Å². The number of benzene rings is 1. The maximum Gasteiger partial charge on any atom is 0.249 e. The maximum absolute atomic E-state index is 12.6. The number of nitrogens with zero attached hydrogens (tertiary/aromatic N) is 1. The van der Waals surface area contributed by atoms with Crippen molar-refractivity contribution in [1.29, 1.82) is 0 Å². The zero-order valence-electron chi connectivity index (χ0n) is 11.8. The molecule has 1 fully saturated rings. The Bertz CT molecular complexity index is 531. The molecule has 108 valence electrons. The molecule has 0 aromatic heterocycles. The minimum atomic E-state index is -0.418. The van der Waals surface area contributed by atoms with Gasteiger partial charge in [-0.1, -0.05) is 29.8 Å². The third-order valence-electron chi connectivity index (χ3n) is 3.58. The summed E-state index contributed by atoms with van der Waals surface area (Å²) < 4.78 is 1.00. The Hall–Kier alpha value is -1.36. The number of anilines is 1. The van der Waals surface area contributed by atoms with E-state index in [1.807, 2.05) is 25.1 Å². The number of aryl methyl sites for hydroxylation is 1. The van der Waals surface area contributed by atoms with E-state index in [0.29, 0.717) is 19.4 Å². The Morgan fingerprint density at radius 3 is 2.75 bits per heavy atom. The fourth-order valence-electron chi connectivity index (χ4n) is 2.46. The van der Waals surface area contributed by atoms with Gasteiger partial charge >= 0.3 is 0 Å². The summed E-state index contributed by atoms with van der Waals surface area (Å²) in [6.07, 6.45) is 1.80. The third-order valence-corrected chi connectivity index (χ3v) is 4.08. The van der Waals surface area contributed by atoms with E-state index in [4.69, 9.17) is 0 Å². The van der Waals surface area contributed by atoms with Crippen molar-refractivity contribution in [2.45, 2.75) is 39.2 Å². The number of amides is 2. The molecule has 5 heteroatoms. The van der Waals surface area contributed by atoms with E-state index in [0.717, 1.165) is 22.1 Å². The summed E-state index contributed by atoms with van der Waals surface area (Å²) in [5.74, 6) is -0.0711. The zero-order valence-corrected chi connectivity index (χ0v) is 13.4. The van der Waals surface area contributed by atoms with Gasteiger partial charge in [-0.2, -0.15) is 0 Å². The average Bonchev–Trinajstić information content (AvgIpc) is 2.58. The molecule has 1 aliphatic heterocycles. The Balaban J connectivity index is 2.39. The van der Waals surface area contributed by atoms with Crippen molar-refractivity contribution < 1.29 is 9.59 Å². The number of carbonyl (C=O) groups excluding carboxylic acids is 2. The quantitative estimate of drug-likeness (QED) is 0.920. The topological polar surface area (TPSA) is 49.4 Å². The largest absolute Gasteiger partial charge is 0.344 e. The van der Waals surface area contributed by atoms with E-state index >= 15 is 0 Å². The highest BCUT2D eigenvalue weighted by molar-refractivity contribution is 9.10. The second kappa shape index (κ2) is 6.39. The highest BCUT2D eigenvalue weighted by Crippen LogP contribution is 2.27. The molecule has 1 N–H and O–H groups in total. The van der Waals surface area contributed by atoms with E-state index in [-0.39, 0.29) is 11.8 Å². The molecule has 0 aliphatic carbocycles. The van der Waals surface area contributed by atoms with Gasteiger partial charge in [0.05, 0.1) is 0 Å². The fraction of sp³-hybridized carbons (Fsp3) is 0.467. The zero-order chi connectivity index (χ0) is 14.7. The van der Waals surface area contributed by atoms with Crippen molar-refractivity contribution in [1.82, 2.24) is 5.32 Å². The van der Waals surface area contributed by atoms with Gasteiger partial charge in [-0.3, -0.25) is 9.59 Å². The number of halogens is 1. The molecule has 0 radical (unpaired) electrons. The number of carbonyl (C=O) groups is 2. The van der Waals surface area contributed by atoms with Crippen LogP contribution in [0.15, 0.2) is 22.7 Å². The Morgan fingerprint density at radius 2 is 2.10 bits per heavy atom. The van der Waals surface area contributed by atoms with E-state index in [2.05, 4.69) is 28.2 Å². The first-order chi connectivity index (χ1) is 9.56. The van der Waals surface area contributed by atoms with Crippen molar-refractivity contribution >= 4 is 33.4 Å².